The first kappa shape index (κ1) is 19.8. The minimum atomic E-state index is -3.98. The van der Waals surface area contributed by atoms with Crippen LogP contribution in [-0.2, 0) is 14.8 Å². The third-order valence-electron chi connectivity index (χ3n) is 4.79. The quantitative estimate of drug-likeness (QED) is 0.588. The van der Waals surface area contributed by atoms with Gasteiger partial charge in [0.2, 0.25) is 0 Å². The first-order valence-electron chi connectivity index (χ1n) is 9.19. The average molecular weight is 424 g/mol. The summed E-state index contributed by atoms with van der Waals surface area (Å²) in [5.41, 5.74) is 3.39. The number of benzene rings is 2. The molecule has 0 bridgehead atoms. The second-order valence-electron chi connectivity index (χ2n) is 7.01. The summed E-state index contributed by atoms with van der Waals surface area (Å²) in [6.07, 6.45) is 1.50. The zero-order valence-electron chi connectivity index (χ0n) is 16.6. The Morgan fingerprint density at radius 3 is 2.50 bits per heavy atom. The van der Waals surface area contributed by atoms with Gasteiger partial charge in [0.1, 0.15) is 16.4 Å². The van der Waals surface area contributed by atoms with Crippen LogP contribution in [0.2, 0.25) is 0 Å². The lowest BCUT2D eigenvalue weighted by molar-refractivity contribution is -0.110. The lowest BCUT2D eigenvalue weighted by atomic mass is 9.99. The van der Waals surface area contributed by atoms with E-state index in [1.807, 2.05) is 13.8 Å². The molecule has 0 saturated carbocycles. The molecule has 30 heavy (non-hydrogen) atoms. The van der Waals surface area contributed by atoms with Crippen LogP contribution >= 0.6 is 0 Å². The second-order valence-corrected chi connectivity index (χ2v) is 8.66. The number of carbonyl (C=O) groups excluding carboxylic acids is 1. The molecule has 1 aliphatic heterocycles. The van der Waals surface area contributed by atoms with E-state index in [1.54, 1.807) is 42.5 Å². The summed E-state index contributed by atoms with van der Waals surface area (Å²) in [7, 11) is -2.56. The van der Waals surface area contributed by atoms with Crippen LogP contribution in [0.3, 0.4) is 0 Å². The fraction of sp³-hybridized carbons (Fsp3) is 0.136. The minimum absolute atomic E-state index is 0.00929. The van der Waals surface area contributed by atoms with Crippen molar-refractivity contribution in [3.8, 4) is 17.1 Å². The Morgan fingerprint density at radius 2 is 1.83 bits per heavy atom. The van der Waals surface area contributed by atoms with Gasteiger partial charge in [0.25, 0.3) is 15.9 Å². The number of rotatable bonds is 5. The topological polar surface area (TPSA) is 97.6 Å². The summed E-state index contributed by atoms with van der Waals surface area (Å²) >= 11 is 0. The number of ether oxygens (including phenoxy) is 1. The van der Waals surface area contributed by atoms with Crippen LogP contribution in [0.4, 0.5) is 11.4 Å². The predicted octanol–water partition coefficient (Wildman–Crippen LogP) is 4.50. The van der Waals surface area contributed by atoms with Crippen molar-refractivity contribution in [3.63, 3.8) is 0 Å². The van der Waals surface area contributed by atoms with Gasteiger partial charge in [-0.3, -0.25) is 9.52 Å². The number of hydrogen-bond acceptors (Lipinski definition) is 5. The standard InChI is InChI=1S/C22H20N2O5S/c1-13(2)21-15-12-17(24-30(26,27)20-9-5-4-7-19(20)28-3)14(18-8-6-10-29-18)11-16(15)23-22(21)25/h4-12,24H,1-3H3,(H,23,25). The summed E-state index contributed by atoms with van der Waals surface area (Å²) in [4.78, 5) is 12.4. The SMILES string of the molecule is COc1ccccc1S(=O)(=O)Nc1cc2c(cc1-c1ccco1)NC(=O)C2=C(C)C. The van der Waals surface area contributed by atoms with Crippen molar-refractivity contribution in [1.82, 2.24) is 0 Å². The predicted molar refractivity (Wildman–Crippen MR) is 115 cm³/mol. The Hall–Kier alpha value is -3.52. The van der Waals surface area contributed by atoms with Crippen LogP contribution in [0.1, 0.15) is 19.4 Å². The number of sulfonamides is 1. The molecule has 8 heteroatoms. The summed E-state index contributed by atoms with van der Waals surface area (Å²) in [6.45, 7) is 3.67. The Kier molecular flexibility index (Phi) is 4.87. The van der Waals surface area contributed by atoms with Gasteiger partial charge in [0, 0.05) is 22.4 Å². The van der Waals surface area contributed by atoms with Crippen molar-refractivity contribution in [2.24, 2.45) is 0 Å². The molecule has 7 nitrogen and oxygen atoms in total. The highest BCUT2D eigenvalue weighted by atomic mass is 32.2. The third-order valence-corrected chi connectivity index (χ3v) is 6.20. The maximum absolute atomic E-state index is 13.2. The summed E-state index contributed by atoms with van der Waals surface area (Å²) in [6, 6.07) is 13.2. The Labute approximate surface area is 174 Å². The molecule has 4 rings (SSSR count). The number of methoxy groups -OCH3 is 1. The molecule has 0 fully saturated rings. The molecule has 0 atom stereocenters. The van der Waals surface area contributed by atoms with Crippen molar-refractivity contribution >= 4 is 32.9 Å². The van der Waals surface area contributed by atoms with Crippen molar-refractivity contribution in [3.05, 3.63) is 65.9 Å². The van der Waals surface area contributed by atoms with E-state index in [0.717, 1.165) is 5.57 Å². The van der Waals surface area contributed by atoms with Crippen LogP contribution in [0.15, 0.2) is 69.7 Å². The highest BCUT2D eigenvalue weighted by Gasteiger charge is 2.29. The number of furan rings is 1. The molecule has 3 aromatic rings. The van der Waals surface area contributed by atoms with E-state index in [2.05, 4.69) is 10.0 Å². The molecule has 1 aliphatic rings. The Balaban J connectivity index is 1.89. The van der Waals surface area contributed by atoms with E-state index in [9.17, 15) is 13.2 Å². The van der Waals surface area contributed by atoms with E-state index in [-0.39, 0.29) is 16.6 Å². The molecule has 2 N–H and O–H groups in total. The fourth-order valence-corrected chi connectivity index (χ4v) is 4.72. The van der Waals surface area contributed by atoms with Crippen LogP contribution in [0.5, 0.6) is 5.75 Å². The number of carbonyl (C=O) groups is 1. The van der Waals surface area contributed by atoms with Gasteiger partial charge in [-0.05, 0) is 50.2 Å². The summed E-state index contributed by atoms with van der Waals surface area (Å²) < 4.78 is 39.7. The summed E-state index contributed by atoms with van der Waals surface area (Å²) in [5, 5.41) is 2.84. The van der Waals surface area contributed by atoms with Crippen LogP contribution < -0.4 is 14.8 Å². The van der Waals surface area contributed by atoms with Gasteiger partial charge in [-0.15, -0.1) is 0 Å². The smallest absolute Gasteiger partial charge is 0.265 e. The second kappa shape index (κ2) is 7.38. The fourth-order valence-electron chi connectivity index (χ4n) is 3.47. The molecular formula is C22H20N2O5S. The van der Waals surface area contributed by atoms with Crippen molar-refractivity contribution in [1.29, 1.82) is 0 Å². The van der Waals surface area contributed by atoms with E-state index in [0.29, 0.717) is 33.8 Å². The Morgan fingerprint density at radius 1 is 1.07 bits per heavy atom. The van der Waals surface area contributed by atoms with Crippen LogP contribution in [-0.4, -0.2) is 21.4 Å². The van der Waals surface area contributed by atoms with Crippen LogP contribution in [0, 0.1) is 0 Å². The monoisotopic (exact) mass is 424 g/mol. The van der Waals surface area contributed by atoms with Crippen molar-refractivity contribution in [2.45, 2.75) is 18.7 Å². The third kappa shape index (κ3) is 3.35. The molecule has 0 aliphatic carbocycles. The van der Waals surface area contributed by atoms with E-state index < -0.39 is 10.0 Å². The molecule has 154 valence electrons. The first-order valence-corrected chi connectivity index (χ1v) is 10.7. The normalized spacial score (nSPS) is 13.0. The molecule has 2 heterocycles. The van der Waals surface area contributed by atoms with Gasteiger partial charge in [0.15, 0.2) is 0 Å². The van der Waals surface area contributed by atoms with Gasteiger partial charge in [-0.2, -0.15) is 0 Å². The molecular weight excluding hydrogens is 404 g/mol. The maximum Gasteiger partial charge on any atom is 0.265 e. The van der Waals surface area contributed by atoms with Gasteiger partial charge >= 0.3 is 0 Å². The highest BCUT2D eigenvalue weighted by Crippen LogP contribution is 2.42. The number of amides is 1. The number of nitrogens with one attached hydrogen (secondary N) is 2. The van der Waals surface area contributed by atoms with Gasteiger partial charge in [0.05, 0.1) is 19.1 Å². The minimum Gasteiger partial charge on any atom is -0.495 e. The molecule has 0 spiro atoms. The summed E-state index contributed by atoms with van der Waals surface area (Å²) in [5.74, 6) is 0.475. The molecule has 1 aromatic heterocycles. The van der Waals surface area contributed by atoms with Gasteiger partial charge < -0.3 is 14.5 Å². The van der Waals surface area contributed by atoms with Crippen molar-refractivity contribution in [2.75, 3.05) is 17.1 Å². The number of hydrogen-bond donors (Lipinski definition) is 2. The molecule has 0 radical (unpaired) electrons. The maximum atomic E-state index is 13.2. The van der Waals surface area contributed by atoms with Crippen LogP contribution in [0.25, 0.3) is 16.9 Å². The number of allylic oxidation sites excluding steroid dienone is 1. The highest BCUT2D eigenvalue weighted by molar-refractivity contribution is 7.92. The van der Waals surface area contributed by atoms with E-state index >= 15 is 0 Å². The number of anilines is 2. The largest absolute Gasteiger partial charge is 0.495 e. The average Bonchev–Trinajstić information content (AvgIpc) is 3.34. The van der Waals surface area contributed by atoms with Gasteiger partial charge in [-0.1, -0.05) is 17.7 Å². The lowest BCUT2D eigenvalue weighted by Gasteiger charge is -2.15. The van der Waals surface area contributed by atoms with Gasteiger partial charge in [-0.25, -0.2) is 8.42 Å². The van der Waals surface area contributed by atoms with E-state index in [1.165, 1.54) is 19.4 Å². The Bertz CT molecular complexity index is 1270. The molecule has 1 amide bonds. The number of para-hydroxylation sites is 1. The zero-order chi connectivity index (χ0) is 21.5. The number of fused-ring (bicyclic) bond motifs is 1. The van der Waals surface area contributed by atoms with Crippen molar-refractivity contribution < 1.29 is 22.4 Å². The molecule has 2 aromatic carbocycles. The first-order chi connectivity index (χ1) is 14.3. The molecule has 0 unspecified atom stereocenters. The van der Waals surface area contributed by atoms with E-state index in [4.69, 9.17) is 9.15 Å². The lowest BCUT2D eigenvalue weighted by Crippen LogP contribution is -2.15. The zero-order valence-corrected chi connectivity index (χ0v) is 17.5. The molecule has 0 saturated heterocycles.